The first kappa shape index (κ1) is 36.4. The van der Waals surface area contributed by atoms with Crippen LogP contribution in [0, 0.1) is 0 Å². The van der Waals surface area contributed by atoms with E-state index in [2.05, 4.69) is 31.5 Å². The lowest BCUT2D eigenvalue weighted by atomic mass is 9.98. The molecule has 1 fully saturated rings. The molecule has 5 rings (SSSR count). The number of hydrogen-bond donors (Lipinski definition) is 4. The zero-order chi connectivity index (χ0) is 36.7. The molecule has 5 amide bonds. The third-order valence-corrected chi connectivity index (χ3v) is 8.05. The predicted octanol–water partition coefficient (Wildman–Crippen LogP) is 3.38. The number of carbonyl (C=O) groups is 5. The van der Waals surface area contributed by atoms with E-state index in [4.69, 9.17) is 16.3 Å². The molecule has 1 atom stereocenters. The number of ether oxygens (including phenoxy) is 1. The largest absolute Gasteiger partial charge is 0.478 e. The van der Waals surface area contributed by atoms with Crippen molar-refractivity contribution in [2.75, 3.05) is 41.8 Å². The highest BCUT2D eigenvalue weighted by Crippen LogP contribution is 2.27. The molecule has 4 aromatic rings. The van der Waals surface area contributed by atoms with Crippen LogP contribution in [0.15, 0.2) is 73.1 Å². The first-order chi connectivity index (χ1) is 24.3. The van der Waals surface area contributed by atoms with Crippen molar-refractivity contribution in [3.63, 3.8) is 0 Å². The first-order valence-corrected chi connectivity index (χ1v) is 16.2. The molecule has 1 unspecified atom stereocenters. The van der Waals surface area contributed by atoms with E-state index in [0.29, 0.717) is 48.9 Å². The highest BCUT2D eigenvalue weighted by Gasteiger charge is 2.35. The molecule has 0 bridgehead atoms. The molecule has 1 aliphatic heterocycles. The van der Waals surface area contributed by atoms with Crippen LogP contribution < -0.4 is 20.9 Å². The molecule has 0 saturated carbocycles. The minimum absolute atomic E-state index is 0.0319. The van der Waals surface area contributed by atoms with Crippen LogP contribution in [0.2, 0.25) is 5.02 Å². The van der Waals surface area contributed by atoms with Crippen LogP contribution in [0.3, 0.4) is 0 Å². The lowest BCUT2D eigenvalue weighted by Crippen LogP contribution is -2.57. The van der Waals surface area contributed by atoms with E-state index >= 15 is 0 Å². The van der Waals surface area contributed by atoms with Gasteiger partial charge in [0.25, 0.3) is 0 Å². The van der Waals surface area contributed by atoms with Gasteiger partial charge in [-0.1, -0.05) is 23.7 Å². The van der Waals surface area contributed by atoms with Gasteiger partial charge < -0.3 is 35.6 Å². The molecule has 3 aromatic carbocycles. The number of carboxylic acids is 1. The SMILES string of the molecule is CC(C)(C)N(C(=O)C(Cc1ccc(NC(=O)N2CCOCC2)cc1)NC(=O)C(=O)Nc1cc(Cl)ccc1-n1cnnn1)c1ccc(C(=O)O)cc1. The number of aromatic carboxylic acids is 1. The highest BCUT2D eigenvalue weighted by atomic mass is 35.5. The van der Waals surface area contributed by atoms with Gasteiger partial charge in [-0.15, -0.1) is 5.10 Å². The van der Waals surface area contributed by atoms with E-state index < -0.39 is 35.3 Å². The number of hydrogen-bond acceptors (Lipinski definition) is 9. The maximum atomic E-state index is 14.4. The molecule has 51 heavy (non-hydrogen) atoms. The molecule has 17 heteroatoms. The van der Waals surface area contributed by atoms with Crippen molar-refractivity contribution < 1.29 is 33.8 Å². The number of nitrogens with zero attached hydrogens (tertiary/aromatic N) is 6. The summed E-state index contributed by atoms with van der Waals surface area (Å²) in [6, 6.07) is 15.5. The number of carbonyl (C=O) groups excluding carboxylic acids is 4. The highest BCUT2D eigenvalue weighted by molar-refractivity contribution is 6.40. The van der Waals surface area contributed by atoms with Gasteiger partial charge in [0, 0.05) is 41.4 Å². The van der Waals surface area contributed by atoms with E-state index in [-0.39, 0.29) is 28.7 Å². The number of carboxylic acid groups (broad SMARTS) is 1. The molecule has 0 radical (unpaired) electrons. The normalized spacial score (nSPS) is 13.5. The number of anilines is 3. The number of morpholine rings is 1. The number of halogens is 1. The van der Waals surface area contributed by atoms with Gasteiger partial charge in [0.1, 0.15) is 12.4 Å². The maximum Gasteiger partial charge on any atom is 0.335 e. The van der Waals surface area contributed by atoms with Crippen LogP contribution >= 0.6 is 11.6 Å². The van der Waals surface area contributed by atoms with Crippen molar-refractivity contribution in [3.05, 3.63) is 89.2 Å². The number of urea groups is 1. The lowest BCUT2D eigenvalue weighted by molar-refractivity contribution is -0.137. The Labute approximate surface area is 297 Å². The maximum absolute atomic E-state index is 14.4. The van der Waals surface area contributed by atoms with Gasteiger partial charge in [-0.25, -0.2) is 9.59 Å². The van der Waals surface area contributed by atoms with Crippen LogP contribution in [0.25, 0.3) is 5.69 Å². The van der Waals surface area contributed by atoms with Crippen LogP contribution in [0.1, 0.15) is 36.7 Å². The van der Waals surface area contributed by atoms with Gasteiger partial charge >= 0.3 is 23.8 Å². The second-order valence-corrected chi connectivity index (χ2v) is 13.0. The van der Waals surface area contributed by atoms with Gasteiger partial charge in [0.05, 0.1) is 30.2 Å². The van der Waals surface area contributed by atoms with Crippen molar-refractivity contribution in [2.24, 2.45) is 0 Å². The summed E-state index contributed by atoms with van der Waals surface area (Å²) in [7, 11) is 0. The molecule has 1 aromatic heterocycles. The summed E-state index contributed by atoms with van der Waals surface area (Å²) in [5.41, 5.74) is 1.19. The Morgan fingerprint density at radius 1 is 0.941 bits per heavy atom. The molecule has 1 saturated heterocycles. The fourth-order valence-electron chi connectivity index (χ4n) is 5.37. The Hall–Kier alpha value is -5.87. The van der Waals surface area contributed by atoms with Gasteiger partial charge in [0.15, 0.2) is 0 Å². The van der Waals surface area contributed by atoms with Gasteiger partial charge in [-0.3, -0.25) is 14.4 Å². The molecule has 1 aliphatic rings. The van der Waals surface area contributed by atoms with E-state index in [9.17, 15) is 29.1 Å². The third kappa shape index (κ3) is 9.23. The van der Waals surface area contributed by atoms with Crippen molar-refractivity contribution in [1.82, 2.24) is 30.4 Å². The predicted molar refractivity (Wildman–Crippen MR) is 187 cm³/mol. The molecule has 16 nitrogen and oxygen atoms in total. The minimum Gasteiger partial charge on any atom is -0.478 e. The number of aromatic nitrogens is 4. The number of nitrogens with one attached hydrogen (secondary N) is 3. The Bertz CT molecular complexity index is 1890. The number of amides is 5. The Kier molecular flexibility index (Phi) is 11.3. The summed E-state index contributed by atoms with van der Waals surface area (Å²) >= 11 is 6.17. The standard InChI is InChI=1S/C34H36ClN9O7/c1-34(2,3)44(25-11-6-22(7-12-25)32(48)49)31(47)27(18-21-4-9-24(10-5-21)37-33(50)42-14-16-51-17-15-42)39-30(46)29(45)38-26-19-23(35)8-13-28(26)43-20-36-40-41-43/h4-13,19-20,27H,14-18H2,1-3H3,(H,37,50)(H,38,45)(H,39,46)(H,48,49). The molecule has 0 aliphatic carbocycles. The van der Waals surface area contributed by atoms with Crippen molar-refractivity contribution >= 4 is 58.4 Å². The van der Waals surface area contributed by atoms with Gasteiger partial charge in [-0.2, -0.15) is 4.68 Å². The Morgan fingerprint density at radius 3 is 2.24 bits per heavy atom. The second kappa shape index (κ2) is 15.8. The zero-order valence-electron chi connectivity index (χ0n) is 28.0. The fourth-order valence-corrected chi connectivity index (χ4v) is 5.54. The molecular formula is C34H36ClN9O7. The van der Waals surface area contributed by atoms with Gasteiger partial charge in [-0.05, 0) is 91.4 Å². The third-order valence-electron chi connectivity index (χ3n) is 7.82. The molecule has 0 spiro atoms. The van der Waals surface area contributed by atoms with E-state index in [1.54, 1.807) is 62.1 Å². The van der Waals surface area contributed by atoms with E-state index in [1.165, 1.54) is 46.2 Å². The van der Waals surface area contributed by atoms with E-state index in [0.717, 1.165) is 0 Å². The van der Waals surface area contributed by atoms with Crippen molar-refractivity contribution in [3.8, 4) is 5.69 Å². The van der Waals surface area contributed by atoms with Crippen LogP contribution in [0.4, 0.5) is 21.9 Å². The number of rotatable bonds is 9. The van der Waals surface area contributed by atoms with Crippen molar-refractivity contribution in [2.45, 2.75) is 38.8 Å². The van der Waals surface area contributed by atoms with Crippen LogP contribution in [-0.2, 0) is 25.5 Å². The summed E-state index contributed by atoms with van der Waals surface area (Å²) in [6.45, 7) is 7.22. The molecule has 266 valence electrons. The van der Waals surface area contributed by atoms with Crippen LogP contribution in [0.5, 0.6) is 0 Å². The molecule has 4 N–H and O–H groups in total. The minimum atomic E-state index is -1.27. The average Bonchev–Trinajstić information content (AvgIpc) is 3.64. The zero-order valence-corrected chi connectivity index (χ0v) is 28.8. The molecular weight excluding hydrogens is 682 g/mol. The fraction of sp³-hybridized carbons (Fsp3) is 0.294. The van der Waals surface area contributed by atoms with Gasteiger partial charge in [0.2, 0.25) is 5.91 Å². The summed E-state index contributed by atoms with van der Waals surface area (Å²) in [6.07, 6.45) is 1.26. The Balaban J connectivity index is 1.40. The van der Waals surface area contributed by atoms with E-state index in [1.807, 2.05) is 0 Å². The smallest absolute Gasteiger partial charge is 0.335 e. The summed E-state index contributed by atoms with van der Waals surface area (Å²) < 4.78 is 6.58. The monoisotopic (exact) mass is 717 g/mol. The summed E-state index contributed by atoms with van der Waals surface area (Å²) in [5.74, 6) is -3.88. The number of tetrazole rings is 1. The quantitative estimate of drug-likeness (QED) is 0.186. The molecule has 2 heterocycles. The first-order valence-electron chi connectivity index (χ1n) is 15.8. The summed E-state index contributed by atoms with van der Waals surface area (Å²) in [4.78, 5) is 68.5. The summed E-state index contributed by atoms with van der Waals surface area (Å²) in [5, 5.41) is 28.7. The average molecular weight is 718 g/mol. The van der Waals surface area contributed by atoms with Crippen LogP contribution in [-0.4, -0.2) is 97.8 Å². The number of benzene rings is 3. The Morgan fingerprint density at radius 2 is 1.63 bits per heavy atom. The second-order valence-electron chi connectivity index (χ2n) is 12.5. The topological polar surface area (TPSA) is 201 Å². The van der Waals surface area contributed by atoms with Crippen molar-refractivity contribution in [1.29, 1.82) is 0 Å². The lowest BCUT2D eigenvalue weighted by Gasteiger charge is -2.38.